The van der Waals surface area contributed by atoms with E-state index in [0.29, 0.717) is 16.9 Å². The number of hydrogen-bond acceptors (Lipinski definition) is 4. The topological polar surface area (TPSA) is 110 Å². The van der Waals surface area contributed by atoms with Gasteiger partial charge in [-0.15, -0.1) is 0 Å². The summed E-state index contributed by atoms with van der Waals surface area (Å²) in [5, 5.41) is 6.39. The van der Waals surface area contributed by atoms with Crippen molar-refractivity contribution in [3.63, 3.8) is 0 Å². The summed E-state index contributed by atoms with van der Waals surface area (Å²) in [6, 6.07) is 27.5. The lowest BCUT2D eigenvalue weighted by molar-refractivity contribution is 0.783. The van der Waals surface area contributed by atoms with Crippen molar-refractivity contribution in [1.82, 2.24) is 19.6 Å². The average Bonchev–Trinajstić information content (AvgIpc) is 2.93. The van der Waals surface area contributed by atoms with Crippen molar-refractivity contribution in [1.29, 1.82) is 0 Å². The minimum Gasteiger partial charge on any atom is -0.267 e. The van der Waals surface area contributed by atoms with E-state index in [0.717, 1.165) is 10.2 Å². The number of fused-ring (bicyclic) bond motifs is 2. The quantitative estimate of drug-likeness (QED) is 0.410. The predicted octanol–water partition coefficient (Wildman–Crippen LogP) is 3.34. The van der Waals surface area contributed by atoms with E-state index in [9.17, 15) is 19.2 Å². The van der Waals surface area contributed by atoms with Gasteiger partial charge in [-0.3, -0.25) is 29.4 Å². The van der Waals surface area contributed by atoms with Crippen LogP contribution in [0.25, 0.3) is 44.0 Å². The van der Waals surface area contributed by atoms with Crippen LogP contribution in [-0.4, -0.2) is 19.6 Å². The molecule has 36 heavy (non-hydrogen) atoms. The van der Waals surface area contributed by atoms with Crippen molar-refractivity contribution in [2.24, 2.45) is 0 Å². The molecule has 0 aliphatic carbocycles. The number of H-pyrrole nitrogens is 2. The number of aromatic amines is 2. The molecule has 0 spiro atoms. The fourth-order valence-electron chi connectivity index (χ4n) is 4.46. The largest absolute Gasteiger partial charge is 0.277 e. The van der Waals surface area contributed by atoms with Crippen molar-refractivity contribution in [2.75, 3.05) is 0 Å². The molecule has 2 heterocycles. The van der Waals surface area contributed by atoms with Crippen molar-refractivity contribution in [3.05, 3.63) is 138 Å². The Morgan fingerprint density at radius 2 is 1.00 bits per heavy atom. The first-order valence-corrected chi connectivity index (χ1v) is 11.2. The number of aromatic nitrogens is 4. The molecule has 0 saturated heterocycles. The molecule has 0 atom stereocenters. The van der Waals surface area contributed by atoms with Gasteiger partial charge in [-0.1, -0.05) is 60.7 Å². The number of nitrogens with zero attached hydrogens (tertiary/aromatic N) is 2. The summed E-state index contributed by atoms with van der Waals surface area (Å²) in [5.41, 5.74) is 0.469. The lowest BCUT2D eigenvalue weighted by atomic mass is 10.0. The Morgan fingerprint density at radius 1 is 0.500 bits per heavy atom. The van der Waals surface area contributed by atoms with Crippen molar-refractivity contribution in [3.8, 4) is 22.5 Å². The van der Waals surface area contributed by atoms with Crippen LogP contribution < -0.4 is 22.2 Å². The van der Waals surface area contributed by atoms with E-state index in [2.05, 4.69) is 10.2 Å². The Labute approximate surface area is 202 Å². The number of hydrogen-bond donors (Lipinski definition) is 2. The van der Waals surface area contributed by atoms with Gasteiger partial charge >= 0.3 is 0 Å². The van der Waals surface area contributed by atoms with E-state index in [1.54, 1.807) is 66.7 Å². The molecule has 2 aromatic heterocycles. The van der Waals surface area contributed by atoms with E-state index in [1.165, 1.54) is 4.68 Å². The molecule has 6 rings (SSSR count). The Morgan fingerprint density at radius 3 is 1.61 bits per heavy atom. The van der Waals surface area contributed by atoms with Crippen LogP contribution in [0, 0.1) is 0 Å². The van der Waals surface area contributed by atoms with Crippen molar-refractivity contribution < 1.29 is 0 Å². The third-order valence-corrected chi connectivity index (χ3v) is 6.20. The zero-order chi connectivity index (χ0) is 24.8. The lowest BCUT2D eigenvalue weighted by Crippen LogP contribution is -2.30. The van der Waals surface area contributed by atoms with E-state index in [1.807, 2.05) is 30.3 Å². The van der Waals surface area contributed by atoms with Crippen LogP contribution in [-0.2, 0) is 0 Å². The van der Waals surface area contributed by atoms with Gasteiger partial charge in [0.15, 0.2) is 0 Å². The average molecular weight is 474 g/mol. The molecule has 0 radical (unpaired) electrons. The summed E-state index contributed by atoms with van der Waals surface area (Å²) in [6.07, 6.45) is 0. The molecule has 0 unspecified atom stereocenters. The van der Waals surface area contributed by atoms with Crippen LogP contribution in [0.5, 0.6) is 0 Å². The van der Waals surface area contributed by atoms with Crippen LogP contribution in [0.1, 0.15) is 0 Å². The summed E-state index contributed by atoms with van der Waals surface area (Å²) >= 11 is 0. The van der Waals surface area contributed by atoms with Crippen molar-refractivity contribution in [2.45, 2.75) is 0 Å². The van der Waals surface area contributed by atoms with Gasteiger partial charge in [-0.25, -0.2) is 9.36 Å². The summed E-state index contributed by atoms with van der Waals surface area (Å²) in [6.45, 7) is 0. The number of rotatable bonds is 3. The number of benzene rings is 4. The predicted molar refractivity (Wildman–Crippen MR) is 139 cm³/mol. The van der Waals surface area contributed by atoms with Gasteiger partial charge in [-0.2, -0.15) is 0 Å². The second-order valence-corrected chi connectivity index (χ2v) is 8.32. The molecule has 0 amide bonds. The van der Waals surface area contributed by atoms with Gasteiger partial charge in [0.25, 0.3) is 22.2 Å². The van der Waals surface area contributed by atoms with Crippen molar-refractivity contribution >= 4 is 21.5 Å². The smallest absolute Gasteiger partial charge is 0.267 e. The first-order chi connectivity index (χ1) is 17.5. The monoisotopic (exact) mass is 474 g/mol. The van der Waals surface area contributed by atoms with Crippen LogP contribution in [0.3, 0.4) is 0 Å². The van der Waals surface area contributed by atoms with Crippen LogP contribution in [0.4, 0.5) is 0 Å². The molecule has 4 aromatic carbocycles. The first kappa shape index (κ1) is 21.3. The Bertz CT molecular complexity index is 2030. The highest BCUT2D eigenvalue weighted by molar-refractivity contribution is 5.82. The first-order valence-electron chi connectivity index (χ1n) is 11.2. The lowest BCUT2D eigenvalue weighted by Gasteiger charge is -2.15. The molecule has 8 nitrogen and oxygen atoms in total. The van der Waals surface area contributed by atoms with E-state index in [-0.39, 0.29) is 21.5 Å². The van der Waals surface area contributed by atoms with Gasteiger partial charge in [0.05, 0.1) is 32.9 Å². The molecule has 2 N–H and O–H groups in total. The summed E-state index contributed by atoms with van der Waals surface area (Å²) in [5.74, 6) is 0. The van der Waals surface area contributed by atoms with Crippen LogP contribution in [0.15, 0.2) is 116 Å². The molecule has 0 fully saturated rings. The molecular weight excluding hydrogens is 456 g/mol. The van der Waals surface area contributed by atoms with Gasteiger partial charge < -0.3 is 0 Å². The van der Waals surface area contributed by atoms with E-state index in [4.69, 9.17) is 0 Å². The highest BCUT2D eigenvalue weighted by Gasteiger charge is 2.16. The maximum atomic E-state index is 13.5. The van der Waals surface area contributed by atoms with E-state index >= 15 is 0 Å². The van der Waals surface area contributed by atoms with Gasteiger partial charge in [0.2, 0.25) is 0 Å². The Balaban J connectivity index is 1.69. The summed E-state index contributed by atoms with van der Waals surface area (Å²) in [7, 11) is 0. The SMILES string of the molecule is O=c1[nH]n(-c2ccc(-c3ccccc3)c(-n3[nH]c(=O)c4ccccc4c3=O)c2)c(=O)c2ccccc12. The second kappa shape index (κ2) is 8.21. The molecule has 174 valence electrons. The van der Waals surface area contributed by atoms with Crippen LogP contribution in [0.2, 0.25) is 0 Å². The molecule has 0 aliphatic heterocycles. The van der Waals surface area contributed by atoms with Gasteiger partial charge in [0.1, 0.15) is 0 Å². The normalized spacial score (nSPS) is 11.2. The maximum Gasteiger partial charge on any atom is 0.277 e. The van der Waals surface area contributed by atoms with E-state index < -0.39 is 22.2 Å². The fourth-order valence-corrected chi connectivity index (χ4v) is 4.46. The molecule has 0 saturated carbocycles. The minimum absolute atomic E-state index is 0.266. The minimum atomic E-state index is -0.425. The summed E-state index contributed by atoms with van der Waals surface area (Å²) < 4.78 is 2.33. The highest BCUT2D eigenvalue weighted by atomic mass is 16.2. The van der Waals surface area contributed by atoms with Gasteiger partial charge in [-0.05, 0) is 42.0 Å². The molecule has 0 aliphatic rings. The zero-order valence-electron chi connectivity index (χ0n) is 18.8. The molecule has 0 bridgehead atoms. The Kier molecular flexibility index (Phi) is 4.86. The Hall–Kier alpha value is -5.24. The third-order valence-electron chi connectivity index (χ3n) is 6.20. The highest BCUT2D eigenvalue weighted by Crippen LogP contribution is 2.27. The fraction of sp³-hybridized carbons (Fsp3) is 0. The standard InChI is InChI=1S/C28H18N4O4/c33-25-20-10-4-6-12-22(20)27(35)31(29-25)18-14-15-19(17-8-2-1-3-9-17)24(16-18)32-28(36)23-13-7-5-11-21(23)26(34)30-32/h1-16H,(H,29,33)(H,30,34). The maximum absolute atomic E-state index is 13.5. The van der Waals surface area contributed by atoms with Gasteiger partial charge in [0, 0.05) is 5.56 Å². The third kappa shape index (κ3) is 3.32. The molecule has 8 heteroatoms. The molecule has 6 aromatic rings. The second-order valence-electron chi connectivity index (χ2n) is 8.32. The van der Waals surface area contributed by atoms with Crippen LogP contribution >= 0.6 is 0 Å². The molecular formula is C28H18N4O4. The summed E-state index contributed by atoms with van der Waals surface area (Å²) in [4.78, 5) is 52.3. The zero-order valence-corrected chi connectivity index (χ0v) is 18.8. The number of nitrogens with one attached hydrogen (secondary N) is 2.